The lowest BCUT2D eigenvalue weighted by Crippen LogP contribution is -2.43. The Morgan fingerprint density at radius 2 is 1.94 bits per heavy atom. The number of aliphatic hydroxyl groups excluding tert-OH is 1. The van der Waals surface area contributed by atoms with Crippen molar-refractivity contribution in [3.63, 3.8) is 0 Å². The molecule has 1 unspecified atom stereocenters. The van der Waals surface area contributed by atoms with Crippen molar-refractivity contribution >= 4 is 16.7 Å². The quantitative estimate of drug-likeness (QED) is 0.316. The van der Waals surface area contributed by atoms with Gasteiger partial charge in [0.15, 0.2) is 0 Å². The smallest absolute Gasteiger partial charge is 0.123 e. The Kier molecular flexibility index (Phi) is 6.44. The third kappa shape index (κ3) is 5.46. The Morgan fingerprint density at radius 1 is 1.12 bits per heavy atom. The zero-order valence-corrected chi connectivity index (χ0v) is 18.5. The summed E-state index contributed by atoms with van der Waals surface area (Å²) >= 11 is 0. The molecule has 0 amide bonds. The molecular weight excluding hydrogens is 400 g/mol. The lowest BCUT2D eigenvalue weighted by atomic mass is 9.94. The van der Waals surface area contributed by atoms with Crippen molar-refractivity contribution in [2.24, 2.45) is 0 Å². The van der Waals surface area contributed by atoms with Crippen LogP contribution in [0.2, 0.25) is 0 Å². The van der Waals surface area contributed by atoms with Gasteiger partial charge in [-0.15, -0.1) is 0 Å². The summed E-state index contributed by atoms with van der Waals surface area (Å²) in [5.41, 5.74) is 9.57. The molecule has 5 N–H and O–H groups in total. The highest BCUT2D eigenvalue weighted by molar-refractivity contribution is 5.84. The molecule has 0 saturated carbocycles. The number of rotatable bonds is 9. The molecule has 0 aliphatic heterocycles. The van der Waals surface area contributed by atoms with Gasteiger partial charge >= 0.3 is 0 Å². The van der Waals surface area contributed by atoms with E-state index in [0.29, 0.717) is 19.0 Å². The van der Waals surface area contributed by atoms with E-state index in [4.69, 9.17) is 10.5 Å². The van der Waals surface area contributed by atoms with Crippen LogP contribution in [0, 0.1) is 0 Å². The van der Waals surface area contributed by atoms with Gasteiger partial charge in [-0.25, -0.2) is 4.98 Å². The van der Waals surface area contributed by atoms with Crippen molar-refractivity contribution in [2.75, 3.05) is 12.3 Å². The molecule has 4 aromatic rings. The molecule has 0 bridgehead atoms. The largest absolute Gasteiger partial charge is 0.489 e. The highest BCUT2D eigenvalue weighted by atomic mass is 16.5. The van der Waals surface area contributed by atoms with Crippen LogP contribution in [0.1, 0.15) is 36.6 Å². The average molecular weight is 431 g/mol. The zero-order valence-electron chi connectivity index (χ0n) is 18.5. The van der Waals surface area contributed by atoms with Gasteiger partial charge in [-0.3, -0.25) is 0 Å². The molecular formula is C26H30N4O2. The molecule has 2 aromatic carbocycles. The molecule has 0 fully saturated rings. The van der Waals surface area contributed by atoms with E-state index in [0.717, 1.165) is 34.2 Å². The van der Waals surface area contributed by atoms with E-state index in [1.54, 1.807) is 18.3 Å². The Bertz CT molecular complexity index is 1150. The number of benzene rings is 2. The second-order valence-electron chi connectivity index (χ2n) is 8.77. The number of nitrogens with two attached hydrogens (primary N) is 1. The number of hydrogen-bond acceptors (Lipinski definition) is 5. The molecule has 0 saturated heterocycles. The summed E-state index contributed by atoms with van der Waals surface area (Å²) in [6, 6.07) is 19.8. The first-order valence-corrected chi connectivity index (χ1v) is 10.8. The van der Waals surface area contributed by atoms with Gasteiger partial charge in [-0.1, -0.05) is 36.4 Å². The summed E-state index contributed by atoms with van der Waals surface area (Å²) in [7, 11) is 0. The molecule has 6 heteroatoms. The third-order valence-electron chi connectivity index (χ3n) is 5.59. The van der Waals surface area contributed by atoms with Crippen molar-refractivity contribution in [1.29, 1.82) is 0 Å². The zero-order chi connectivity index (χ0) is 22.6. The summed E-state index contributed by atoms with van der Waals surface area (Å²) in [6.45, 7) is 5.23. The Labute approximate surface area is 188 Å². The number of aliphatic hydroxyl groups is 1. The molecule has 4 rings (SSSR count). The molecule has 0 radical (unpaired) electrons. The Hall–Kier alpha value is -3.35. The third-order valence-corrected chi connectivity index (χ3v) is 5.59. The first kappa shape index (κ1) is 21.9. The van der Waals surface area contributed by atoms with Crippen molar-refractivity contribution in [2.45, 2.75) is 38.5 Å². The normalized spacial score (nSPS) is 12.7. The lowest BCUT2D eigenvalue weighted by Gasteiger charge is -2.28. The Balaban J connectivity index is 1.41. The molecule has 2 heterocycles. The maximum absolute atomic E-state index is 10.5. The van der Waals surface area contributed by atoms with Crippen molar-refractivity contribution in [3.05, 3.63) is 89.7 Å². The predicted molar refractivity (Wildman–Crippen MR) is 128 cm³/mol. The van der Waals surface area contributed by atoms with Crippen LogP contribution in [0.5, 0.6) is 5.75 Å². The van der Waals surface area contributed by atoms with Crippen LogP contribution in [0.25, 0.3) is 10.9 Å². The topological polar surface area (TPSA) is 96.2 Å². The van der Waals surface area contributed by atoms with E-state index in [-0.39, 0.29) is 5.54 Å². The first-order valence-electron chi connectivity index (χ1n) is 10.8. The van der Waals surface area contributed by atoms with E-state index >= 15 is 0 Å². The van der Waals surface area contributed by atoms with E-state index in [1.165, 1.54) is 5.56 Å². The number of hydrogen-bond donors (Lipinski definition) is 4. The van der Waals surface area contributed by atoms with Crippen LogP contribution in [-0.2, 0) is 13.0 Å². The number of pyridine rings is 1. The van der Waals surface area contributed by atoms with Gasteiger partial charge in [0.05, 0.1) is 6.10 Å². The fourth-order valence-corrected chi connectivity index (χ4v) is 3.78. The van der Waals surface area contributed by atoms with E-state index in [1.807, 2.05) is 24.3 Å². The van der Waals surface area contributed by atoms with Crippen molar-refractivity contribution < 1.29 is 9.84 Å². The standard InChI is InChI=1S/C26H30N4O2/c1-26(2,30-16-24(31)19-8-11-25(27)29-14-19)13-20-15-28-23-10-9-21(12-22(20)23)32-17-18-6-4-3-5-7-18/h3-12,14-15,24,28,30-31H,13,16-17H2,1-2H3,(H2,27,29). The first-order chi connectivity index (χ1) is 15.4. The van der Waals surface area contributed by atoms with Gasteiger partial charge in [0.1, 0.15) is 18.2 Å². The van der Waals surface area contributed by atoms with Gasteiger partial charge in [0, 0.05) is 40.9 Å². The van der Waals surface area contributed by atoms with E-state index < -0.39 is 6.10 Å². The molecule has 6 nitrogen and oxygen atoms in total. The van der Waals surface area contributed by atoms with Gasteiger partial charge in [-0.2, -0.15) is 0 Å². The van der Waals surface area contributed by atoms with Gasteiger partial charge < -0.3 is 25.9 Å². The van der Waals surface area contributed by atoms with Crippen LogP contribution in [0.15, 0.2) is 73.1 Å². The lowest BCUT2D eigenvalue weighted by molar-refractivity contribution is 0.160. The van der Waals surface area contributed by atoms with Crippen LogP contribution in [-0.4, -0.2) is 27.2 Å². The highest BCUT2D eigenvalue weighted by Gasteiger charge is 2.22. The van der Waals surface area contributed by atoms with E-state index in [9.17, 15) is 5.11 Å². The molecule has 0 aliphatic carbocycles. The molecule has 0 spiro atoms. The Morgan fingerprint density at radius 3 is 2.69 bits per heavy atom. The monoisotopic (exact) mass is 430 g/mol. The SMILES string of the molecule is CC(C)(Cc1c[nH]c2ccc(OCc3ccccc3)cc12)NCC(O)c1ccc(N)nc1. The summed E-state index contributed by atoms with van der Waals surface area (Å²) in [5, 5.41) is 15.1. The number of ether oxygens (including phenoxy) is 1. The minimum absolute atomic E-state index is 0.224. The average Bonchev–Trinajstić information content (AvgIpc) is 3.18. The van der Waals surface area contributed by atoms with Crippen LogP contribution < -0.4 is 15.8 Å². The fraction of sp³-hybridized carbons (Fsp3) is 0.269. The van der Waals surface area contributed by atoms with Gasteiger partial charge in [0.25, 0.3) is 0 Å². The van der Waals surface area contributed by atoms with Gasteiger partial charge in [-0.05, 0) is 55.7 Å². The fourth-order valence-electron chi connectivity index (χ4n) is 3.78. The number of aromatic nitrogens is 2. The molecule has 1 atom stereocenters. The minimum atomic E-state index is -0.650. The van der Waals surface area contributed by atoms with Crippen LogP contribution in [0.3, 0.4) is 0 Å². The number of fused-ring (bicyclic) bond motifs is 1. The maximum atomic E-state index is 10.5. The summed E-state index contributed by atoms with van der Waals surface area (Å²) < 4.78 is 6.01. The summed E-state index contributed by atoms with van der Waals surface area (Å²) in [4.78, 5) is 7.41. The van der Waals surface area contributed by atoms with Crippen LogP contribution >= 0.6 is 0 Å². The maximum Gasteiger partial charge on any atom is 0.123 e. The number of β-amino-alcohol motifs (C(OH)–C–C–N with tert-alkyl or cyclic N) is 1. The second-order valence-corrected chi connectivity index (χ2v) is 8.77. The molecule has 32 heavy (non-hydrogen) atoms. The number of nitrogen functional groups attached to an aromatic ring is 1. The minimum Gasteiger partial charge on any atom is -0.489 e. The second kappa shape index (κ2) is 9.42. The molecule has 2 aromatic heterocycles. The van der Waals surface area contributed by atoms with E-state index in [2.05, 4.69) is 59.6 Å². The number of anilines is 1. The molecule has 166 valence electrons. The number of aromatic amines is 1. The highest BCUT2D eigenvalue weighted by Crippen LogP contribution is 2.27. The number of nitrogens with one attached hydrogen (secondary N) is 2. The predicted octanol–water partition coefficient (Wildman–Crippen LogP) is 4.37. The number of H-pyrrole nitrogens is 1. The number of nitrogens with zero attached hydrogens (tertiary/aromatic N) is 1. The van der Waals surface area contributed by atoms with Gasteiger partial charge in [0.2, 0.25) is 0 Å². The summed E-state index contributed by atoms with van der Waals surface area (Å²) in [5.74, 6) is 1.29. The summed E-state index contributed by atoms with van der Waals surface area (Å²) in [6.07, 6.45) is 3.81. The van der Waals surface area contributed by atoms with Crippen molar-refractivity contribution in [3.8, 4) is 5.75 Å². The van der Waals surface area contributed by atoms with Crippen molar-refractivity contribution in [1.82, 2.24) is 15.3 Å². The molecule has 0 aliphatic rings. The van der Waals surface area contributed by atoms with Crippen LogP contribution in [0.4, 0.5) is 5.82 Å².